The predicted molar refractivity (Wildman–Crippen MR) is 146 cm³/mol. The van der Waals surface area contributed by atoms with E-state index in [0.29, 0.717) is 22.9 Å². The minimum atomic E-state index is -2.83. The zero-order valence-corrected chi connectivity index (χ0v) is 20.6. The average Bonchev–Trinajstić information content (AvgIpc) is 3.48. The second-order valence-electron chi connectivity index (χ2n) is 7.82. The van der Waals surface area contributed by atoms with Crippen LogP contribution in [0.4, 0.5) is 11.4 Å². The molecule has 0 aliphatic rings. The van der Waals surface area contributed by atoms with Crippen LogP contribution in [0.2, 0.25) is 0 Å². The molecule has 4 aromatic carbocycles. The standard InChI is InChI=1S/C26H18ClN4O2PS/c27-34(35,30-19-11-3-1-9-17(19)25-28-21-13-5-7-15-23(21)32-25)31-20-12-4-2-10-18(20)26-29-22-14-6-8-16-24(22)33-26/h1-16H,(H2,30,31,35). The Morgan fingerprint density at radius 1 is 0.600 bits per heavy atom. The summed E-state index contributed by atoms with van der Waals surface area (Å²) < 4.78 is 12.0. The molecule has 2 aromatic heterocycles. The number of fused-ring (bicyclic) bond motifs is 2. The molecular weight excluding hydrogens is 499 g/mol. The molecule has 6 nitrogen and oxygen atoms in total. The van der Waals surface area contributed by atoms with Crippen LogP contribution in [0.25, 0.3) is 45.1 Å². The van der Waals surface area contributed by atoms with Gasteiger partial charge >= 0.3 is 0 Å². The van der Waals surface area contributed by atoms with E-state index in [9.17, 15) is 0 Å². The van der Waals surface area contributed by atoms with Crippen LogP contribution in [-0.2, 0) is 11.8 Å². The number of anilines is 2. The molecule has 6 rings (SSSR count). The van der Waals surface area contributed by atoms with Gasteiger partial charge in [-0.25, -0.2) is 9.97 Å². The normalized spacial score (nSPS) is 11.7. The highest BCUT2D eigenvalue weighted by Crippen LogP contribution is 2.53. The summed E-state index contributed by atoms with van der Waals surface area (Å²) in [6, 6.07) is 30.6. The van der Waals surface area contributed by atoms with Crippen LogP contribution in [-0.4, -0.2) is 9.97 Å². The molecule has 0 saturated heterocycles. The van der Waals surface area contributed by atoms with Crippen molar-refractivity contribution in [3.8, 4) is 22.9 Å². The van der Waals surface area contributed by atoms with Gasteiger partial charge in [0, 0.05) is 0 Å². The van der Waals surface area contributed by atoms with Gasteiger partial charge in [0.15, 0.2) is 11.2 Å². The highest BCUT2D eigenvalue weighted by Gasteiger charge is 2.21. The quantitative estimate of drug-likeness (QED) is 0.216. The van der Waals surface area contributed by atoms with Crippen LogP contribution in [0, 0.1) is 0 Å². The zero-order chi connectivity index (χ0) is 23.8. The molecule has 0 fully saturated rings. The first-order valence-corrected chi connectivity index (χ1v) is 14.5. The molecule has 0 saturated carbocycles. The SMILES string of the molecule is S=P(Cl)(Nc1ccccc1-c1nc2ccccc2o1)Nc1ccccc1-c1nc2ccccc2o1. The maximum Gasteiger partial charge on any atom is 0.229 e. The maximum atomic E-state index is 6.88. The third-order valence-electron chi connectivity index (χ3n) is 5.43. The number of para-hydroxylation sites is 6. The van der Waals surface area contributed by atoms with Gasteiger partial charge in [0.25, 0.3) is 0 Å². The lowest BCUT2D eigenvalue weighted by molar-refractivity contribution is 0.620. The first-order valence-electron chi connectivity index (χ1n) is 10.8. The monoisotopic (exact) mass is 516 g/mol. The minimum Gasteiger partial charge on any atom is -0.436 e. The number of hydrogen-bond acceptors (Lipinski definition) is 5. The van der Waals surface area contributed by atoms with Crippen LogP contribution in [0.3, 0.4) is 0 Å². The van der Waals surface area contributed by atoms with E-state index in [-0.39, 0.29) is 0 Å². The molecule has 0 unspecified atom stereocenters. The van der Waals surface area contributed by atoms with Crippen molar-refractivity contribution in [3.05, 3.63) is 97.1 Å². The lowest BCUT2D eigenvalue weighted by Crippen LogP contribution is -2.03. The van der Waals surface area contributed by atoms with Crippen LogP contribution >= 0.6 is 16.9 Å². The highest BCUT2D eigenvalue weighted by atomic mass is 35.7. The fourth-order valence-corrected chi connectivity index (χ4v) is 6.05. The van der Waals surface area contributed by atoms with Crippen LogP contribution in [0.5, 0.6) is 0 Å². The zero-order valence-electron chi connectivity index (χ0n) is 18.2. The summed E-state index contributed by atoms with van der Waals surface area (Å²) in [4.78, 5) is 9.24. The molecule has 2 N–H and O–H groups in total. The molecule has 0 bridgehead atoms. The van der Waals surface area contributed by atoms with E-state index in [1.165, 1.54) is 0 Å². The summed E-state index contributed by atoms with van der Waals surface area (Å²) in [5, 5.41) is 6.63. The lowest BCUT2D eigenvalue weighted by atomic mass is 10.2. The van der Waals surface area contributed by atoms with Crippen molar-refractivity contribution in [1.29, 1.82) is 0 Å². The van der Waals surface area contributed by atoms with Crippen molar-refractivity contribution < 1.29 is 8.83 Å². The number of rotatable bonds is 6. The molecule has 0 spiro atoms. The van der Waals surface area contributed by atoms with Crippen molar-refractivity contribution in [1.82, 2.24) is 9.97 Å². The summed E-state index contributed by atoms with van der Waals surface area (Å²) in [5.74, 6) is 0.987. The second kappa shape index (κ2) is 8.86. The van der Waals surface area contributed by atoms with Crippen molar-refractivity contribution in [3.63, 3.8) is 0 Å². The van der Waals surface area contributed by atoms with Crippen LogP contribution < -0.4 is 10.2 Å². The van der Waals surface area contributed by atoms with Gasteiger partial charge in [-0.2, -0.15) is 0 Å². The first kappa shape index (κ1) is 21.9. The fraction of sp³-hybridized carbons (Fsp3) is 0. The molecule has 0 aliphatic heterocycles. The summed E-state index contributed by atoms with van der Waals surface area (Å²) >= 11 is 12.7. The molecule has 0 atom stereocenters. The molecule has 172 valence electrons. The van der Waals surface area contributed by atoms with Gasteiger partial charge in [-0.15, -0.1) is 0 Å². The molecular formula is C26H18ClN4O2PS. The van der Waals surface area contributed by atoms with Gasteiger partial charge in [0.1, 0.15) is 11.0 Å². The van der Waals surface area contributed by atoms with E-state index in [1.807, 2.05) is 97.1 Å². The van der Waals surface area contributed by atoms with Gasteiger partial charge in [-0.1, -0.05) is 48.5 Å². The van der Waals surface area contributed by atoms with Gasteiger partial charge in [-0.05, 0) is 71.6 Å². The van der Waals surface area contributed by atoms with E-state index >= 15 is 0 Å². The average molecular weight is 517 g/mol. The molecule has 0 radical (unpaired) electrons. The van der Waals surface area contributed by atoms with E-state index in [0.717, 1.165) is 33.5 Å². The Kier molecular flexibility index (Phi) is 5.53. The Labute approximate surface area is 210 Å². The first-order chi connectivity index (χ1) is 17.1. The number of aromatic nitrogens is 2. The Balaban J connectivity index is 1.32. The number of oxazole rings is 2. The Bertz CT molecular complexity index is 1540. The Hall–Kier alpha value is -3.64. The van der Waals surface area contributed by atoms with Crippen molar-refractivity contribution in [2.24, 2.45) is 0 Å². The molecule has 35 heavy (non-hydrogen) atoms. The fourth-order valence-electron chi connectivity index (χ4n) is 3.85. The summed E-state index contributed by atoms with van der Waals surface area (Å²) in [6.07, 6.45) is 0. The number of benzene rings is 4. The Morgan fingerprint density at radius 2 is 1.00 bits per heavy atom. The van der Waals surface area contributed by atoms with Gasteiger partial charge in [-0.3, -0.25) is 0 Å². The lowest BCUT2D eigenvalue weighted by Gasteiger charge is -2.22. The third-order valence-corrected chi connectivity index (χ3v) is 7.54. The van der Waals surface area contributed by atoms with Gasteiger partial charge < -0.3 is 19.0 Å². The van der Waals surface area contributed by atoms with Crippen LogP contribution in [0.1, 0.15) is 0 Å². The number of halogens is 1. The number of hydrogen-bond donors (Lipinski definition) is 2. The van der Waals surface area contributed by atoms with Crippen molar-refractivity contribution in [2.75, 3.05) is 10.2 Å². The molecule has 0 amide bonds. The third kappa shape index (κ3) is 4.42. The highest BCUT2D eigenvalue weighted by molar-refractivity contribution is 8.28. The molecule has 6 aromatic rings. The van der Waals surface area contributed by atoms with E-state index in [4.69, 9.17) is 31.9 Å². The number of nitrogens with zero attached hydrogens (tertiary/aromatic N) is 2. The molecule has 2 heterocycles. The van der Waals surface area contributed by atoms with Crippen molar-refractivity contribution in [2.45, 2.75) is 0 Å². The van der Waals surface area contributed by atoms with E-state index < -0.39 is 5.69 Å². The second-order valence-corrected chi connectivity index (χ2v) is 13.1. The summed E-state index contributed by atoms with van der Waals surface area (Å²) in [7, 11) is 0. The minimum absolute atomic E-state index is 0.493. The molecule has 0 aliphatic carbocycles. The van der Waals surface area contributed by atoms with Crippen LogP contribution in [0.15, 0.2) is 106 Å². The largest absolute Gasteiger partial charge is 0.436 e. The number of nitrogens with one attached hydrogen (secondary N) is 2. The summed E-state index contributed by atoms with van der Waals surface area (Å²) in [5.41, 5.74) is 3.16. The predicted octanol–water partition coefficient (Wildman–Crippen LogP) is 8.29. The van der Waals surface area contributed by atoms with E-state index in [1.54, 1.807) is 0 Å². The van der Waals surface area contributed by atoms with E-state index in [2.05, 4.69) is 20.1 Å². The topological polar surface area (TPSA) is 76.1 Å². The Morgan fingerprint density at radius 3 is 1.46 bits per heavy atom. The van der Waals surface area contributed by atoms with Gasteiger partial charge in [0.2, 0.25) is 17.5 Å². The smallest absolute Gasteiger partial charge is 0.229 e. The maximum absolute atomic E-state index is 6.88. The molecule has 9 heteroatoms. The van der Waals surface area contributed by atoms with Crippen molar-refractivity contribution >= 4 is 62.3 Å². The summed E-state index contributed by atoms with van der Waals surface area (Å²) in [6.45, 7) is 0. The van der Waals surface area contributed by atoms with Gasteiger partial charge in [0.05, 0.1) is 22.5 Å².